The fourth-order valence-corrected chi connectivity index (χ4v) is 2.62. The van der Waals surface area contributed by atoms with Gasteiger partial charge in [0.15, 0.2) is 14.7 Å². The van der Waals surface area contributed by atoms with Crippen LogP contribution in [0.2, 0.25) is 0 Å². The van der Waals surface area contributed by atoms with Crippen molar-refractivity contribution in [2.24, 2.45) is 0 Å². The molecule has 0 heterocycles. The highest BCUT2D eigenvalue weighted by molar-refractivity contribution is 7.90. The maximum Gasteiger partial charge on any atom is 0.306 e. The van der Waals surface area contributed by atoms with Gasteiger partial charge in [-0.15, -0.1) is 0 Å². The summed E-state index contributed by atoms with van der Waals surface area (Å²) in [4.78, 5) is 8.88. The maximum absolute atomic E-state index is 14.1. The third kappa shape index (κ3) is 3.16. The van der Waals surface area contributed by atoms with Gasteiger partial charge in [-0.3, -0.25) is 10.1 Å². The molecule has 0 aliphatic carbocycles. The van der Waals surface area contributed by atoms with Crippen molar-refractivity contribution < 1.29 is 22.5 Å². The van der Waals surface area contributed by atoms with E-state index in [4.69, 9.17) is 4.74 Å². The Kier molecular flexibility index (Phi) is 3.90. The van der Waals surface area contributed by atoms with Gasteiger partial charge in [0.05, 0.1) is 4.92 Å². The summed E-state index contributed by atoms with van der Waals surface area (Å²) in [6, 6.07) is 10.0. The Balaban J connectivity index is 2.62. The number of halogens is 1. The minimum Gasteiger partial charge on any atom is -0.456 e. The lowest BCUT2D eigenvalue weighted by Gasteiger charge is -2.10. The van der Waals surface area contributed by atoms with Crippen molar-refractivity contribution in [3.63, 3.8) is 0 Å². The molecule has 0 saturated carbocycles. The first-order valence-corrected chi connectivity index (χ1v) is 7.59. The summed E-state index contributed by atoms with van der Waals surface area (Å²) in [5.74, 6) is -1.45. The third-order valence-electron chi connectivity index (χ3n) is 2.58. The lowest BCUT2D eigenvalue weighted by molar-refractivity contribution is -0.387. The zero-order chi connectivity index (χ0) is 15.6. The number of para-hydroxylation sites is 1. The van der Waals surface area contributed by atoms with Crippen molar-refractivity contribution in [3.8, 4) is 11.5 Å². The molecule has 0 unspecified atom stereocenters. The molecule has 0 aromatic heterocycles. The molecule has 0 saturated heterocycles. The van der Waals surface area contributed by atoms with Crippen molar-refractivity contribution in [2.45, 2.75) is 4.90 Å². The summed E-state index contributed by atoms with van der Waals surface area (Å²) in [5.41, 5.74) is -0.921. The fraction of sp³-hybridized carbons (Fsp3) is 0.0769. The Bertz CT molecular complexity index is 790. The first-order valence-electron chi connectivity index (χ1n) is 5.70. The van der Waals surface area contributed by atoms with E-state index in [9.17, 15) is 22.9 Å². The van der Waals surface area contributed by atoms with Crippen LogP contribution in [0.3, 0.4) is 0 Å². The van der Waals surface area contributed by atoms with Gasteiger partial charge in [-0.25, -0.2) is 8.42 Å². The molecule has 0 fully saturated rings. The van der Waals surface area contributed by atoms with Crippen LogP contribution in [0.4, 0.5) is 10.1 Å². The third-order valence-corrected chi connectivity index (χ3v) is 3.70. The Hall–Kier alpha value is -2.48. The van der Waals surface area contributed by atoms with Gasteiger partial charge >= 0.3 is 5.69 Å². The van der Waals surface area contributed by atoms with Crippen molar-refractivity contribution in [3.05, 3.63) is 58.4 Å². The summed E-state index contributed by atoms with van der Waals surface area (Å²) in [6.07, 6.45) is 0.757. The lowest BCUT2D eigenvalue weighted by atomic mass is 10.3. The van der Waals surface area contributed by atoms with E-state index in [2.05, 4.69) is 0 Å². The van der Waals surface area contributed by atoms with Crippen LogP contribution >= 0.6 is 0 Å². The molecule has 0 amide bonds. The normalized spacial score (nSPS) is 11.1. The van der Waals surface area contributed by atoms with Crippen LogP contribution in [-0.4, -0.2) is 19.6 Å². The average molecular weight is 311 g/mol. The van der Waals surface area contributed by atoms with Crippen molar-refractivity contribution in [1.82, 2.24) is 0 Å². The molecule has 0 spiro atoms. The van der Waals surface area contributed by atoms with Gasteiger partial charge in [-0.2, -0.15) is 4.39 Å². The van der Waals surface area contributed by atoms with E-state index < -0.39 is 31.2 Å². The second kappa shape index (κ2) is 5.49. The van der Waals surface area contributed by atoms with Gasteiger partial charge < -0.3 is 4.74 Å². The number of hydrogen-bond donors (Lipinski definition) is 0. The Morgan fingerprint density at radius 3 is 2.29 bits per heavy atom. The van der Waals surface area contributed by atoms with Crippen LogP contribution in [0.1, 0.15) is 0 Å². The van der Waals surface area contributed by atoms with Crippen LogP contribution < -0.4 is 4.74 Å². The van der Waals surface area contributed by atoms with Gasteiger partial charge in [0, 0.05) is 12.3 Å². The van der Waals surface area contributed by atoms with Gasteiger partial charge in [0.1, 0.15) is 11.5 Å². The summed E-state index contributed by atoms with van der Waals surface area (Å²) in [7, 11) is -4.04. The Morgan fingerprint density at radius 2 is 1.76 bits per heavy atom. The Morgan fingerprint density at radius 1 is 1.14 bits per heavy atom. The molecule has 6 nitrogen and oxygen atoms in total. The van der Waals surface area contributed by atoms with Crippen LogP contribution in [0.5, 0.6) is 11.5 Å². The van der Waals surface area contributed by atoms with E-state index in [1.54, 1.807) is 30.3 Å². The number of sulfone groups is 1. The number of nitro groups is 1. The molecule has 2 aromatic carbocycles. The monoisotopic (exact) mass is 311 g/mol. The molecular weight excluding hydrogens is 301 g/mol. The molecule has 0 aliphatic heterocycles. The Labute approximate surface area is 119 Å². The number of hydrogen-bond acceptors (Lipinski definition) is 5. The van der Waals surface area contributed by atoms with Gasteiger partial charge in [0.25, 0.3) is 0 Å². The smallest absolute Gasteiger partial charge is 0.306 e. The highest BCUT2D eigenvalue weighted by Gasteiger charge is 2.28. The van der Waals surface area contributed by atoms with E-state index in [0.29, 0.717) is 0 Å². The number of rotatable bonds is 4. The number of ether oxygens (including phenoxy) is 1. The highest BCUT2D eigenvalue weighted by Crippen LogP contribution is 2.35. The maximum atomic E-state index is 14.1. The molecule has 0 bridgehead atoms. The fourth-order valence-electron chi connectivity index (χ4n) is 1.71. The van der Waals surface area contributed by atoms with Crippen LogP contribution in [0.25, 0.3) is 0 Å². The topological polar surface area (TPSA) is 86.5 Å². The number of benzene rings is 2. The van der Waals surface area contributed by atoms with Gasteiger partial charge in [-0.1, -0.05) is 18.2 Å². The van der Waals surface area contributed by atoms with Crippen LogP contribution in [0.15, 0.2) is 47.4 Å². The van der Waals surface area contributed by atoms with Gasteiger partial charge in [-0.05, 0) is 18.2 Å². The zero-order valence-electron chi connectivity index (χ0n) is 10.8. The summed E-state index contributed by atoms with van der Waals surface area (Å²) in [5, 5.41) is 10.7. The standard InChI is InChI=1S/C13H10FNO5S/c1-21(18,19)13-11(20-9-5-3-2-4-6-9)8-7-10(12(13)14)15(16)17/h2-8H,1H3. The van der Waals surface area contributed by atoms with E-state index in [0.717, 1.165) is 18.4 Å². The SMILES string of the molecule is CS(=O)(=O)c1c(Oc2ccccc2)ccc([N+](=O)[O-])c1F. The van der Waals surface area contributed by atoms with E-state index in [1.807, 2.05) is 0 Å². The minimum absolute atomic E-state index is 0.288. The second-order valence-electron chi connectivity index (χ2n) is 4.17. The molecule has 8 heteroatoms. The largest absolute Gasteiger partial charge is 0.456 e. The molecular formula is C13H10FNO5S. The number of nitrogens with zero attached hydrogens (tertiary/aromatic N) is 1. The minimum atomic E-state index is -4.04. The van der Waals surface area contributed by atoms with Crippen molar-refractivity contribution in [1.29, 1.82) is 0 Å². The molecule has 0 N–H and O–H groups in total. The van der Waals surface area contributed by atoms with E-state index >= 15 is 0 Å². The lowest BCUT2D eigenvalue weighted by Crippen LogP contribution is -2.06. The highest BCUT2D eigenvalue weighted by atomic mass is 32.2. The second-order valence-corrected chi connectivity index (χ2v) is 6.12. The summed E-state index contributed by atoms with van der Waals surface area (Å²) >= 11 is 0. The summed E-state index contributed by atoms with van der Waals surface area (Å²) < 4.78 is 42.8. The van der Waals surface area contributed by atoms with Gasteiger partial charge in [0.2, 0.25) is 5.82 Å². The molecule has 0 aliphatic rings. The number of nitro benzene ring substituents is 1. The zero-order valence-corrected chi connectivity index (χ0v) is 11.6. The quantitative estimate of drug-likeness (QED) is 0.640. The predicted octanol–water partition coefficient (Wildman–Crippen LogP) is 2.93. The first-order chi connectivity index (χ1) is 9.80. The van der Waals surface area contributed by atoms with Crippen LogP contribution in [0, 0.1) is 15.9 Å². The van der Waals surface area contributed by atoms with E-state index in [-0.39, 0.29) is 11.5 Å². The first kappa shape index (κ1) is 14.9. The van der Waals surface area contributed by atoms with E-state index in [1.165, 1.54) is 0 Å². The molecule has 110 valence electrons. The molecule has 2 aromatic rings. The molecule has 21 heavy (non-hydrogen) atoms. The van der Waals surface area contributed by atoms with Crippen molar-refractivity contribution >= 4 is 15.5 Å². The summed E-state index contributed by atoms with van der Waals surface area (Å²) in [6.45, 7) is 0. The molecule has 2 rings (SSSR count). The van der Waals surface area contributed by atoms with Crippen molar-refractivity contribution in [2.75, 3.05) is 6.26 Å². The molecule has 0 radical (unpaired) electrons. The average Bonchev–Trinajstić information content (AvgIpc) is 2.38. The molecule has 0 atom stereocenters. The predicted molar refractivity (Wildman–Crippen MR) is 72.7 cm³/mol. The van der Waals surface area contributed by atoms with Crippen LogP contribution in [-0.2, 0) is 9.84 Å².